The number of carbonyl (C=O) groups excluding carboxylic acids is 1. The van der Waals surface area contributed by atoms with Crippen molar-refractivity contribution in [1.29, 1.82) is 0 Å². The van der Waals surface area contributed by atoms with E-state index in [0.717, 1.165) is 0 Å². The SMILES string of the molecule is COc1ccc(C(=O)O[N])cc1. The Morgan fingerprint density at radius 1 is 1.33 bits per heavy atom. The van der Waals surface area contributed by atoms with E-state index in [2.05, 4.69) is 4.84 Å². The van der Waals surface area contributed by atoms with Crippen molar-refractivity contribution >= 4 is 5.97 Å². The molecule has 1 aromatic carbocycles. The van der Waals surface area contributed by atoms with Crippen LogP contribution >= 0.6 is 0 Å². The molecule has 0 N–H and O–H groups in total. The molecule has 0 saturated heterocycles. The largest absolute Gasteiger partial charge is 0.497 e. The normalized spacial score (nSPS) is 9.17. The summed E-state index contributed by atoms with van der Waals surface area (Å²) in [7, 11) is 1.53. The first-order chi connectivity index (χ1) is 5.77. The van der Waals surface area contributed by atoms with Gasteiger partial charge < -0.3 is 9.57 Å². The van der Waals surface area contributed by atoms with Crippen LogP contribution in [-0.4, -0.2) is 13.1 Å². The van der Waals surface area contributed by atoms with E-state index in [4.69, 9.17) is 10.6 Å². The standard InChI is InChI=1S/C8H7NO3/c1-11-7-4-2-6(3-5-7)8(10)12-9/h2-5H,1H3. The van der Waals surface area contributed by atoms with Gasteiger partial charge in [0.25, 0.3) is 0 Å². The lowest BCUT2D eigenvalue weighted by atomic mass is 10.2. The molecule has 1 rings (SSSR count). The van der Waals surface area contributed by atoms with E-state index in [1.807, 2.05) is 0 Å². The average Bonchev–Trinajstić information content (AvgIpc) is 2.17. The predicted octanol–water partition coefficient (Wildman–Crippen LogP) is 0.836. The fourth-order valence-corrected chi connectivity index (χ4v) is 0.780. The Kier molecular flexibility index (Phi) is 2.66. The second kappa shape index (κ2) is 3.73. The number of rotatable bonds is 2. The third kappa shape index (κ3) is 1.73. The highest BCUT2D eigenvalue weighted by Gasteiger charge is 2.05. The van der Waals surface area contributed by atoms with Gasteiger partial charge in [0.1, 0.15) is 11.6 Å². The van der Waals surface area contributed by atoms with Gasteiger partial charge in [0.15, 0.2) is 0 Å². The number of nitrogens with zero attached hydrogens (tertiary/aromatic N) is 1. The lowest BCUT2D eigenvalue weighted by Gasteiger charge is -1.99. The summed E-state index contributed by atoms with van der Waals surface area (Å²) in [5.41, 5.74) is 0.276. The van der Waals surface area contributed by atoms with Gasteiger partial charge in [-0.05, 0) is 24.3 Å². The third-order valence-electron chi connectivity index (χ3n) is 1.41. The molecule has 0 heterocycles. The van der Waals surface area contributed by atoms with Crippen molar-refractivity contribution in [3.63, 3.8) is 0 Å². The number of ether oxygens (including phenoxy) is 1. The average molecular weight is 165 g/mol. The highest BCUT2D eigenvalue weighted by Crippen LogP contribution is 2.11. The zero-order chi connectivity index (χ0) is 8.97. The smallest absolute Gasteiger partial charge is 0.360 e. The Bertz CT molecular complexity index is 268. The number of carbonyl (C=O) groups is 1. The van der Waals surface area contributed by atoms with Gasteiger partial charge in [-0.25, -0.2) is 4.79 Å². The highest BCUT2D eigenvalue weighted by molar-refractivity contribution is 5.89. The van der Waals surface area contributed by atoms with Gasteiger partial charge in [0.2, 0.25) is 0 Å². The summed E-state index contributed by atoms with van der Waals surface area (Å²) < 4.78 is 4.87. The van der Waals surface area contributed by atoms with Crippen molar-refractivity contribution in [3.8, 4) is 5.75 Å². The molecule has 0 spiro atoms. The molecular formula is C8H7NO3. The Balaban J connectivity index is 2.84. The number of hydrogen-bond donors (Lipinski definition) is 0. The molecule has 62 valence electrons. The predicted molar refractivity (Wildman–Crippen MR) is 40.5 cm³/mol. The van der Waals surface area contributed by atoms with Crippen LogP contribution in [0.1, 0.15) is 10.4 Å². The zero-order valence-corrected chi connectivity index (χ0v) is 6.48. The molecule has 0 aromatic heterocycles. The van der Waals surface area contributed by atoms with Crippen LogP contribution in [0, 0.1) is 0 Å². The van der Waals surface area contributed by atoms with E-state index >= 15 is 0 Å². The number of hydrogen-bond acceptors (Lipinski definition) is 3. The molecule has 0 aliphatic rings. The van der Waals surface area contributed by atoms with Crippen LogP contribution in [0.2, 0.25) is 0 Å². The fourth-order valence-electron chi connectivity index (χ4n) is 0.780. The quantitative estimate of drug-likeness (QED) is 0.610. The molecule has 2 radical (unpaired) electrons. The molecule has 0 fully saturated rings. The lowest BCUT2D eigenvalue weighted by molar-refractivity contribution is 0.0464. The molecule has 12 heavy (non-hydrogen) atoms. The summed E-state index contributed by atoms with van der Waals surface area (Å²) in [6, 6.07) is 6.20. The van der Waals surface area contributed by atoms with E-state index < -0.39 is 5.97 Å². The minimum absolute atomic E-state index is 0.276. The molecule has 0 atom stereocenters. The molecular weight excluding hydrogens is 158 g/mol. The second-order valence-electron chi connectivity index (χ2n) is 2.11. The summed E-state index contributed by atoms with van der Waals surface area (Å²) in [6.07, 6.45) is 0. The maximum absolute atomic E-state index is 10.7. The summed E-state index contributed by atoms with van der Waals surface area (Å²) in [6.45, 7) is 0. The summed E-state index contributed by atoms with van der Waals surface area (Å²) in [5, 5.41) is 0. The maximum atomic E-state index is 10.7. The first-order valence-corrected chi connectivity index (χ1v) is 3.27. The molecule has 4 nitrogen and oxygen atoms in total. The molecule has 0 bridgehead atoms. The molecule has 0 unspecified atom stereocenters. The minimum atomic E-state index is -0.780. The second-order valence-corrected chi connectivity index (χ2v) is 2.11. The van der Waals surface area contributed by atoms with E-state index in [0.29, 0.717) is 5.75 Å². The Morgan fingerprint density at radius 2 is 1.92 bits per heavy atom. The first kappa shape index (κ1) is 8.55. The fraction of sp³-hybridized carbons (Fsp3) is 0.125. The van der Waals surface area contributed by atoms with Gasteiger partial charge in [0, 0.05) is 0 Å². The lowest BCUT2D eigenvalue weighted by Crippen LogP contribution is -2.02. The van der Waals surface area contributed by atoms with Crippen LogP contribution < -0.4 is 10.6 Å². The molecule has 1 aromatic rings. The van der Waals surface area contributed by atoms with Gasteiger partial charge in [0.05, 0.1) is 12.7 Å². The van der Waals surface area contributed by atoms with Crippen molar-refractivity contribution in [3.05, 3.63) is 29.8 Å². The van der Waals surface area contributed by atoms with Crippen LogP contribution in [0.15, 0.2) is 24.3 Å². The van der Waals surface area contributed by atoms with Crippen LogP contribution in [0.4, 0.5) is 0 Å². The van der Waals surface area contributed by atoms with Gasteiger partial charge in [-0.15, -0.1) is 0 Å². The Morgan fingerprint density at radius 3 is 2.33 bits per heavy atom. The topological polar surface area (TPSA) is 57.8 Å². The van der Waals surface area contributed by atoms with Gasteiger partial charge in [-0.1, -0.05) is 0 Å². The molecule has 0 aliphatic carbocycles. The van der Waals surface area contributed by atoms with Crippen LogP contribution in [-0.2, 0) is 4.84 Å². The molecule has 4 heteroatoms. The first-order valence-electron chi connectivity index (χ1n) is 3.27. The van der Waals surface area contributed by atoms with Gasteiger partial charge in [-0.2, -0.15) is 0 Å². The van der Waals surface area contributed by atoms with Crippen LogP contribution in [0.5, 0.6) is 5.75 Å². The third-order valence-corrected chi connectivity index (χ3v) is 1.41. The summed E-state index contributed by atoms with van der Waals surface area (Å²) in [5.74, 6) is 7.90. The molecule has 0 aliphatic heterocycles. The highest BCUT2D eigenvalue weighted by atomic mass is 16.7. The van der Waals surface area contributed by atoms with Crippen LogP contribution in [0.3, 0.4) is 0 Å². The summed E-state index contributed by atoms with van der Waals surface area (Å²) >= 11 is 0. The monoisotopic (exact) mass is 165 g/mol. The van der Waals surface area contributed by atoms with Crippen molar-refractivity contribution in [2.24, 2.45) is 0 Å². The van der Waals surface area contributed by atoms with Gasteiger partial charge in [-0.3, -0.25) is 0 Å². The van der Waals surface area contributed by atoms with E-state index in [1.165, 1.54) is 19.2 Å². The van der Waals surface area contributed by atoms with Gasteiger partial charge >= 0.3 is 5.97 Å². The van der Waals surface area contributed by atoms with Crippen molar-refractivity contribution < 1.29 is 14.4 Å². The summed E-state index contributed by atoms with van der Waals surface area (Å²) in [4.78, 5) is 14.2. The van der Waals surface area contributed by atoms with E-state index in [9.17, 15) is 4.79 Å². The van der Waals surface area contributed by atoms with Crippen molar-refractivity contribution in [2.75, 3.05) is 7.11 Å². The van der Waals surface area contributed by atoms with Crippen molar-refractivity contribution in [1.82, 2.24) is 5.90 Å². The Hall–Kier alpha value is -1.55. The maximum Gasteiger partial charge on any atom is 0.360 e. The Labute approximate surface area is 69.8 Å². The van der Waals surface area contributed by atoms with Crippen molar-refractivity contribution in [2.45, 2.75) is 0 Å². The minimum Gasteiger partial charge on any atom is -0.497 e. The zero-order valence-electron chi connectivity index (χ0n) is 6.48. The number of methoxy groups -OCH3 is 1. The molecule has 0 saturated carbocycles. The van der Waals surface area contributed by atoms with E-state index in [-0.39, 0.29) is 5.56 Å². The molecule has 0 amide bonds. The van der Waals surface area contributed by atoms with E-state index in [1.54, 1.807) is 12.1 Å². The number of benzene rings is 1. The van der Waals surface area contributed by atoms with Crippen LogP contribution in [0.25, 0.3) is 0 Å².